The summed E-state index contributed by atoms with van der Waals surface area (Å²) in [5.41, 5.74) is 1.28. The summed E-state index contributed by atoms with van der Waals surface area (Å²) in [6, 6.07) is 10.5. The molecule has 6 nitrogen and oxygen atoms in total. The minimum absolute atomic E-state index is 0.745. The van der Waals surface area contributed by atoms with Crippen LogP contribution in [0.5, 0.6) is 0 Å². The van der Waals surface area contributed by atoms with E-state index in [9.17, 15) is 0 Å². The van der Waals surface area contributed by atoms with Gasteiger partial charge in [-0.15, -0.1) is 0 Å². The summed E-state index contributed by atoms with van der Waals surface area (Å²) in [6.45, 7) is 4.14. The van der Waals surface area contributed by atoms with E-state index in [0.717, 1.165) is 57.0 Å². The van der Waals surface area contributed by atoms with Crippen LogP contribution in [-0.4, -0.2) is 60.8 Å². The van der Waals surface area contributed by atoms with Crippen molar-refractivity contribution < 1.29 is 4.74 Å². The fourth-order valence-corrected chi connectivity index (χ4v) is 3.01. The lowest BCUT2D eigenvalue weighted by Gasteiger charge is -2.22. The zero-order valence-electron chi connectivity index (χ0n) is 16.5. The van der Waals surface area contributed by atoms with Crippen molar-refractivity contribution in [3.8, 4) is 0 Å². The first-order chi connectivity index (χ1) is 13.3. The van der Waals surface area contributed by atoms with Crippen LogP contribution in [0.1, 0.15) is 24.2 Å². The van der Waals surface area contributed by atoms with Crippen LogP contribution < -0.4 is 5.32 Å². The third kappa shape index (κ3) is 6.40. The maximum absolute atomic E-state index is 5.72. The van der Waals surface area contributed by atoms with E-state index in [1.807, 2.05) is 32.6 Å². The highest BCUT2D eigenvalue weighted by Gasteiger charge is 2.21. The zero-order valence-corrected chi connectivity index (χ0v) is 16.5. The van der Waals surface area contributed by atoms with Gasteiger partial charge in [-0.1, -0.05) is 30.3 Å². The third-order valence-electron chi connectivity index (χ3n) is 4.82. The van der Waals surface area contributed by atoms with E-state index in [-0.39, 0.29) is 0 Å². The molecule has 0 bridgehead atoms. The van der Waals surface area contributed by atoms with Crippen molar-refractivity contribution in [1.29, 1.82) is 0 Å². The van der Waals surface area contributed by atoms with Crippen LogP contribution in [0.2, 0.25) is 0 Å². The number of likely N-dealkylation sites (N-methyl/N-ethyl adjacent to an activating group) is 1. The Hall–Kier alpha value is -2.34. The first-order valence-corrected chi connectivity index (χ1v) is 9.79. The molecule has 0 spiro atoms. The summed E-state index contributed by atoms with van der Waals surface area (Å²) in [6.07, 6.45) is 7.43. The van der Waals surface area contributed by atoms with Gasteiger partial charge in [0, 0.05) is 59.2 Å². The number of rotatable bonds is 10. The summed E-state index contributed by atoms with van der Waals surface area (Å²) < 4.78 is 7.92. The van der Waals surface area contributed by atoms with E-state index >= 15 is 0 Å². The van der Waals surface area contributed by atoms with Gasteiger partial charge in [0.05, 0.1) is 6.61 Å². The number of nitrogens with zero attached hydrogens (tertiary/aromatic N) is 4. The van der Waals surface area contributed by atoms with E-state index in [0.29, 0.717) is 0 Å². The molecule has 1 aliphatic rings. The van der Waals surface area contributed by atoms with Crippen LogP contribution >= 0.6 is 0 Å². The van der Waals surface area contributed by atoms with Crippen LogP contribution in [0, 0.1) is 5.92 Å². The Balaban J connectivity index is 1.40. The molecule has 1 aromatic heterocycles. The summed E-state index contributed by atoms with van der Waals surface area (Å²) in [5.74, 6) is 2.79. The van der Waals surface area contributed by atoms with E-state index in [1.165, 1.54) is 18.4 Å². The average molecular weight is 370 g/mol. The van der Waals surface area contributed by atoms with E-state index in [2.05, 4.69) is 49.0 Å². The first-order valence-electron chi connectivity index (χ1n) is 9.79. The van der Waals surface area contributed by atoms with Gasteiger partial charge in [0.2, 0.25) is 0 Å². The summed E-state index contributed by atoms with van der Waals surface area (Å²) >= 11 is 0. The SMILES string of the molecule is CN=C(NCCc1nccn1Cc1ccccc1)N(C)CCOCC1CC1. The molecule has 0 unspecified atom stereocenters. The molecule has 1 aliphatic carbocycles. The number of hydrogen-bond donors (Lipinski definition) is 1. The molecule has 0 radical (unpaired) electrons. The van der Waals surface area contributed by atoms with Crippen molar-refractivity contribution in [2.45, 2.75) is 25.8 Å². The molecule has 0 aliphatic heterocycles. The predicted octanol–water partition coefficient (Wildman–Crippen LogP) is 2.41. The number of aromatic nitrogens is 2. The number of benzene rings is 1. The van der Waals surface area contributed by atoms with Crippen molar-refractivity contribution in [3.63, 3.8) is 0 Å². The van der Waals surface area contributed by atoms with Gasteiger partial charge in [-0.25, -0.2) is 4.98 Å². The fourth-order valence-electron chi connectivity index (χ4n) is 3.01. The third-order valence-corrected chi connectivity index (χ3v) is 4.82. The Morgan fingerprint density at radius 2 is 2.15 bits per heavy atom. The average Bonchev–Trinajstić information content (AvgIpc) is 3.42. The molecule has 0 atom stereocenters. The molecule has 27 heavy (non-hydrogen) atoms. The number of guanidine groups is 1. The Morgan fingerprint density at radius 1 is 1.33 bits per heavy atom. The number of hydrogen-bond acceptors (Lipinski definition) is 3. The molecule has 1 N–H and O–H groups in total. The van der Waals surface area contributed by atoms with Gasteiger partial charge in [-0.2, -0.15) is 0 Å². The van der Waals surface area contributed by atoms with E-state index in [4.69, 9.17) is 4.74 Å². The van der Waals surface area contributed by atoms with Gasteiger partial charge in [-0.3, -0.25) is 4.99 Å². The second kappa shape index (κ2) is 10.1. The second-order valence-electron chi connectivity index (χ2n) is 7.12. The highest BCUT2D eigenvalue weighted by molar-refractivity contribution is 5.79. The van der Waals surface area contributed by atoms with Crippen LogP contribution in [-0.2, 0) is 17.7 Å². The zero-order chi connectivity index (χ0) is 18.9. The predicted molar refractivity (Wildman–Crippen MR) is 109 cm³/mol. The van der Waals surface area contributed by atoms with Crippen molar-refractivity contribution in [2.24, 2.45) is 10.9 Å². The topological polar surface area (TPSA) is 54.7 Å². The van der Waals surface area contributed by atoms with Gasteiger partial charge in [0.25, 0.3) is 0 Å². The van der Waals surface area contributed by atoms with Crippen molar-refractivity contribution >= 4 is 5.96 Å². The molecule has 1 saturated carbocycles. The molecule has 1 aromatic carbocycles. The molecule has 6 heteroatoms. The monoisotopic (exact) mass is 369 g/mol. The Labute approximate surface area is 162 Å². The maximum atomic E-state index is 5.72. The molecule has 0 saturated heterocycles. The number of aliphatic imine (C=N–C) groups is 1. The summed E-state index contributed by atoms with van der Waals surface area (Å²) in [7, 11) is 3.87. The lowest BCUT2D eigenvalue weighted by atomic mass is 10.2. The Bertz CT molecular complexity index is 708. The van der Waals surface area contributed by atoms with E-state index in [1.54, 1.807) is 0 Å². The van der Waals surface area contributed by atoms with E-state index < -0.39 is 0 Å². The van der Waals surface area contributed by atoms with Crippen molar-refractivity contribution in [1.82, 2.24) is 19.8 Å². The number of imidazole rings is 1. The van der Waals surface area contributed by atoms with Crippen LogP contribution in [0.25, 0.3) is 0 Å². The minimum Gasteiger partial charge on any atom is -0.379 e. The molecule has 146 valence electrons. The number of ether oxygens (including phenoxy) is 1. The van der Waals surface area contributed by atoms with Gasteiger partial charge in [0.1, 0.15) is 5.82 Å². The second-order valence-corrected chi connectivity index (χ2v) is 7.12. The van der Waals surface area contributed by atoms with Crippen molar-refractivity contribution in [2.75, 3.05) is 40.4 Å². The normalized spacial score (nSPS) is 14.4. The Kier molecular flexibility index (Phi) is 7.27. The largest absolute Gasteiger partial charge is 0.379 e. The van der Waals surface area contributed by atoms with Crippen molar-refractivity contribution in [3.05, 3.63) is 54.1 Å². The maximum Gasteiger partial charge on any atom is 0.193 e. The van der Waals surface area contributed by atoms with Gasteiger partial charge in [-0.05, 0) is 24.3 Å². The van der Waals surface area contributed by atoms with Crippen LogP contribution in [0.15, 0.2) is 47.7 Å². The molecular weight excluding hydrogens is 338 g/mol. The smallest absolute Gasteiger partial charge is 0.193 e. The first kappa shape index (κ1) is 19.4. The summed E-state index contributed by atoms with van der Waals surface area (Å²) in [5, 5.41) is 3.43. The molecule has 3 rings (SSSR count). The Morgan fingerprint density at radius 3 is 2.89 bits per heavy atom. The van der Waals surface area contributed by atoms with Crippen LogP contribution in [0.3, 0.4) is 0 Å². The lowest BCUT2D eigenvalue weighted by molar-refractivity contribution is 0.115. The summed E-state index contributed by atoms with van der Waals surface area (Å²) in [4.78, 5) is 11.0. The molecule has 0 amide bonds. The van der Waals surface area contributed by atoms with Gasteiger partial charge < -0.3 is 19.5 Å². The quantitative estimate of drug-likeness (QED) is 0.397. The lowest BCUT2D eigenvalue weighted by Crippen LogP contribution is -2.41. The van der Waals surface area contributed by atoms with Gasteiger partial charge in [0.15, 0.2) is 5.96 Å². The minimum atomic E-state index is 0.745. The highest BCUT2D eigenvalue weighted by Crippen LogP contribution is 2.28. The highest BCUT2D eigenvalue weighted by atomic mass is 16.5. The standard InChI is InChI=1S/C21H31N5O/c1-22-21(25(2)14-15-27-17-19-8-9-19)24-11-10-20-23-12-13-26(20)16-18-6-4-3-5-7-18/h3-7,12-13,19H,8-11,14-17H2,1-2H3,(H,22,24). The molecule has 1 fully saturated rings. The molecule has 1 heterocycles. The number of nitrogens with one attached hydrogen (secondary N) is 1. The molecular formula is C21H31N5O. The van der Waals surface area contributed by atoms with Crippen LogP contribution in [0.4, 0.5) is 0 Å². The fraction of sp³-hybridized carbons (Fsp3) is 0.524. The van der Waals surface area contributed by atoms with Gasteiger partial charge >= 0.3 is 0 Å². The molecule has 2 aromatic rings.